The van der Waals surface area contributed by atoms with E-state index in [1.807, 2.05) is 13.0 Å². The quantitative estimate of drug-likeness (QED) is 0.846. The Labute approximate surface area is 98.5 Å². The summed E-state index contributed by atoms with van der Waals surface area (Å²) in [5, 5.41) is 8.95. The molecule has 0 radical (unpaired) electrons. The lowest BCUT2D eigenvalue weighted by atomic mass is 10.2. The van der Waals surface area contributed by atoms with Crippen LogP contribution in [0.1, 0.15) is 11.3 Å². The van der Waals surface area contributed by atoms with Crippen LogP contribution in [0, 0.1) is 18.3 Å². The van der Waals surface area contributed by atoms with E-state index in [2.05, 4.69) is 9.97 Å². The number of nitrogens with zero attached hydrogens (tertiary/aromatic N) is 3. The zero-order valence-corrected chi connectivity index (χ0v) is 9.21. The van der Waals surface area contributed by atoms with Crippen LogP contribution in [0.2, 0.25) is 0 Å². The third kappa shape index (κ3) is 2.32. The van der Waals surface area contributed by atoms with E-state index >= 15 is 0 Å². The van der Waals surface area contributed by atoms with Gasteiger partial charge in [0.15, 0.2) is 5.75 Å². The predicted octanol–water partition coefficient (Wildman–Crippen LogP) is 2.03. The number of hydrogen-bond acceptors (Lipinski definition) is 5. The number of ether oxygens (including phenoxy) is 1. The molecule has 0 aliphatic rings. The lowest BCUT2D eigenvalue weighted by Crippen LogP contribution is -1.96. The standard InChI is InChI=1S/C12H10N4O/c1-8-11(3-2-4-15-8)17-12-9(6-13)5-10(14)7-16-12/h2-5,7H,14H2,1H3. The second-order valence-electron chi connectivity index (χ2n) is 3.42. The van der Waals surface area contributed by atoms with Crippen molar-refractivity contribution in [3.8, 4) is 17.7 Å². The minimum Gasteiger partial charge on any atom is -0.436 e. The number of hydrogen-bond donors (Lipinski definition) is 1. The van der Waals surface area contributed by atoms with Gasteiger partial charge in [-0.3, -0.25) is 4.98 Å². The molecule has 2 rings (SSSR count). The maximum absolute atomic E-state index is 8.95. The van der Waals surface area contributed by atoms with Gasteiger partial charge >= 0.3 is 0 Å². The first-order chi connectivity index (χ1) is 8.20. The Bertz CT molecular complexity index is 589. The summed E-state index contributed by atoms with van der Waals surface area (Å²) < 4.78 is 5.53. The minimum absolute atomic E-state index is 0.234. The molecule has 0 bridgehead atoms. The van der Waals surface area contributed by atoms with E-state index in [0.29, 0.717) is 17.0 Å². The third-order valence-electron chi connectivity index (χ3n) is 2.16. The van der Waals surface area contributed by atoms with Crippen molar-refractivity contribution < 1.29 is 4.74 Å². The van der Waals surface area contributed by atoms with Crippen LogP contribution in [0.25, 0.3) is 0 Å². The summed E-state index contributed by atoms with van der Waals surface area (Å²) in [6.45, 7) is 1.82. The average molecular weight is 226 g/mol. The van der Waals surface area contributed by atoms with Gasteiger partial charge in [0.25, 0.3) is 0 Å². The van der Waals surface area contributed by atoms with Gasteiger partial charge in [0.1, 0.15) is 11.6 Å². The maximum Gasteiger partial charge on any atom is 0.237 e. The van der Waals surface area contributed by atoms with Gasteiger partial charge in [0.2, 0.25) is 5.88 Å². The highest BCUT2D eigenvalue weighted by Gasteiger charge is 2.08. The van der Waals surface area contributed by atoms with Gasteiger partial charge in [-0.15, -0.1) is 0 Å². The van der Waals surface area contributed by atoms with Crippen LogP contribution in [0.15, 0.2) is 30.6 Å². The van der Waals surface area contributed by atoms with Crippen LogP contribution in [0.4, 0.5) is 5.69 Å². The highest BCUT2D eigenvalue weighted by molar-refractivity contribution is 5.49. The van der Waals surface area contributed by atoms with Crippen LogP contribution in [-0.2, 0) is 0 Å². The normalized spacial score (nSPS) is 9.65. The van der Waals surface area contributed by atoms with Crippen molar-refractivity contribution in [3.63, 3.8) is 0 Å². The fraction of sp³-hybridized carbons (Fsp3) is 0.0833. The topological polar surface area (TPSA) is 84.8 Å². The molecule has 5 nitrogen and oxygen atoms in total. The Morgan fingerprint density at radius 1 is 1.41 bits per heavy atom. The van der Waals surface area contributed by atoms with E-state index in [1.165, 1.54) is 12.3 Å². The lowest BCUT2D eigenvalue weighted by Gasteiger charge is -2.08. The lowest BCUT2D eigenvalue weighted by molar-refractivity contribution is 0.455. The van der Waals surface area contributed by atoms with Crippen molar-refractivity contribution in [2.24, 2.45) is 0 Å². The van der Waals surface area contributed by atoms with Gasteiger partial charge < -0.3 is 10.5 Å². The molecule has 0 fully saturated rings. The van der Waals surface area contributed by atoms with Gasteiger partial charge in [-0.05, 0) is 25.1 Å². The van der Waals surface area contributed by atoms with E-state index in [0.717, 1.165) is 5.69 Å². The second kappa shape index (κ2) is 4.49. The molecule has 2 aromatic rings. The monoisotopic (exact) mass is 226 g/mol. The number of pyridine rings is 2. The molecule has 84 valence electrons. The zero-order valence-electron chi connectivity index (χ0n) is 9.21. The van der Waals surface area contributed by atoms with E-state index in [4.69, 9.17) is 15.7 Å². The van der Waals surface area contributed by atoms with Gasteiger partial charge in [-0.1, -0.05) is 0 Å². The molecule has 0 aromatic carbocycles. The molecule has 2 N–H and O–H groups in total. The number of anilines is 1. The molecule has 0 aliphatic carbocycles. The van der Waals surface area contributed by atoms with Crippen LogP contribution in [-0.4, -0.2) is 9.97 Å². The van der Waals surface area contributed by atoms with Crippen molar-refractivity contribution in [2.45, 2.75) is 6.92 Å². The number of nitriles is 1. The zero-order chi connectivity index (χ0) is 12.3. The third-order valence-corrected chi connectivity index (χ3v) is 2.16. The number of aromatic nitrogens is 2. The minimum atomic E-state index is 0.234. The molecule has 0 saturated carbocycles. The Morgan fingerprint density at radius 3 is 2.94 bits per heavy atom. The van der Waals surface area contributed by atoms with Gasteiger partial charge in [-0.25, -0.2) is 4.98 Å². The summed E-state index contributed by atoms with van der Waals surface area (Å²) in [7, 11) is 0. The predicted molar refractivity (Wildman–Crippen MR) is 62.4 cm³/mol. The summed E-state index contributed by atoms with van der Waals surface area (Å²) in [6, 6.07) is 7.03. The van der Waals surface area contributed by atoms with Crippen molar-refractivity contribution in [3.05, 3.63) is 41.9 Å². The highest BCUT2D eigenvalue weighted by atomic mass is 16.5. The van der Waals surface area contributed by atoms with Crippen molar-refractivity contribution in [2.75, 3.05) is 5.73 Å². The fourth-order valence-electron chi connectivity index (χ4n) is 1.31. The summed E-state index contributed by atoms with van der Waals surface area (Å²) >= 11 is 0. The molecule has 0 aliphatic heterocycles. The summed E-state index contributed by atoms with van der Waals surface area (Å²) in [4.78, 5) is 8.08. The first-order valence-electron chi connectivity index (χ1n) is 4.96. The summed E-state index contributed by atoms with van der Waals surface area (Å²) in [5.41, 5.74) is 7.00. The molecule has 0 spiro atoms. The van der Waals surface area contributed by atoms with Crippen LogP contribution in [0.5, 0.6) is 11.6 Å². The molecule has 2 aromatic heterocycles. The van der Waals surface area contributed by atoms with E-state index in [9.17, 15) is 0 Å². The number of aryl methyl sites for hydroxylation is 1. The highest BCUT2D eigenvalue weighted by Crippen LogP contribution is 2.25. The molecule has 2 heterocycles. The molecule has 17 heavy (non-hydrogen) atoms. The van der Waals surface area contributed by atoms with Crippen molar-refractivity contribution in [1.29, 1.82) is 5.26 Å². The van der Waals surface area contributed by atoms with Crippen molar-refractivity contribution >= 4 is 5.69 Å². The second-order valence-corrected chi connectivity index (χ2v) is 3.42. The first kappa shape index (κ1) is 10.9. The Kier molecular flexibility index (Phi) is 2.88. The average Bonchev–Trinajstić information content (AvgIpc) is 2.34. The SMILES string of the molecule is Cc1ncccc1Oc1ncc(N)cc1C#N. The van der Waals surface area contributed by atoms with Crippen molar-refractivity contribution in [1.82, 2.24) is 9.97 Å². The summed E-state index contributed by atoms with van der Waals surface area (Å²) in [6.07, 6.45) is 3.12. The Hall–Kier alpha value is -2.61. The van der Waals surface area contributed by atoms with E-state index in [-0.39, 0.29) is 5.88 Å². The summed E-state index contributed by atoms with van der Waals surface area (Å²) in [5.74, 6) is 0.805. The Morgan fingerprint density at radius 2 is 2.24 bits per heavy atom. The van der Waals surface area contributed by atoms with Gasteiger partial charge in [0.05, 0.1) is 17.6 Å². The Balaban J connectivity index is 2.37. The van der Waals surface area contributed by atoms with Gasteiger partial charge in [0, 0.05) is 6.20 Å². The van der Waals surface area contributed by atoms with E-state index in [1.54, 1.807) is 18.3 Å². The molecule has 0 unspecified atom stereocenters. The van der Waals surface area contributed by atoms with Crippen LogP contribution < -0.4 is 10.5 Å². The van der Waals surface area contributed by atoms with Crippen LogP contribution in [0.3, 0.4) is 0 Å². The van der Waals surface area contributed by atoms with Gasteiger partial charge in [-0.2, -0.15) is 5.26 Å². The van der Waals surface area contributed by atoms with Crippen LogP contribution >= 0.6 is 0 Å². The molecule has 0 saturated heterocycles. The number of nitrogens with two attached hydrogens (primary N) is 1. The largest absolute Gasteiger partial charge is 0.436 e. The maximum atomic E-state index is 8.95. The van der Waals surface area contributed by atoms with E-state index < -0.39 is 0 Å². The molecular weight excluding hydrogens is 216 g/mol. The molecular formula is C12H10N4O. The molecule has 5 heteroatoms. The molecule has 0 atom stereocenters. The fourth-order valence-corrected chi connectivity index (χ4v) is 1.31. The number of rotatable bonds is 2. The smallest absolute Gasteiger partial charge is 0.237 e. The first-order valence-corrected chi connectivity index (χ1v) is 4.96. The molecule has 0 amide bonds. The number of nitrogen functional groups attached to an aromatic ring is 1.